The molecule has 2 heterocycles. The fourth-order valence-corrected chi connectivity index (χ4v) is 3.01. The predicted octanol–water partition coefficient (Wildman–Crippen LogP) is 1.82. The Bertz CT molecular complexity index is 495. The van der Waals surface area contributed by atoms with E-state index in [1.165, 1.54) is 16.7 Å². The van der Waals surface area contributed by atoms with Gasteiger partial charge in [-0.2, -0.15) is 0 Å². The van der Waals surface area contributed by atoms with Gasteiger partial charge in [-0.3, -0.25) is 9.69 Å². The van der Waals surface area contributed by atoms with Gasteiger partial charge in [-0.15, -0.1) is 0 Å². The average Bonchev–Trinajstić information content (AvgIpc) is 2.60. The first kappa shape index (κ1) is 10.8. The summed E-state index contributed by atoms with van der Waals surface area (Å²) in [5.74, 6) is 0.202. The summed E-state index contributed by atoms with van der Waals surface area (Å²) < 4.78 is 0. The zero-order chi connectivity index (χ0) is 12.2. The summed E-state index contributed by atoms with van der Waals surface area (Å²) >= 11 is 0. The lowest BCUT2D eigenvalue weighted by atomic mass is 9.88. The van der Waals surface area contributed by atoms with Crippen molar-refractivity contribution >= 4 is 5.91 Å². The number of nitrogens with zero attached hydrogens (tertiary/aromatic N) is 2. The Morgan fingerprint density at radius 3 is 2.82 bits per heavy atom. The molecule has 0 saturated heterocycles. The monoisotopic (exact) mass is 230 g/mol. The Morgan fingerprint density at radius 1 is 1.29 bits per heavy atom. The number of likely N-dealkylation sites (N-methyl/N-ethyl adjacent to an activating group) is 1. The molecular weight excluding hydrogens is 212 g/mol. The standard InChI is InChI=1S/C14H18N2O/c1-9-11-5-4-10-8-16(3)14(17)13(10)12(11)6-7-15(9)2/h4-5,9H,6-8H2,1-3H3. The van der Waals surface area contributed by atoms with Crippen LogP contribution in [-0.2, 0) is 13.0 Å². The van der Waals surface area contributed by atoms with Crippen molar-refractivity contribution in [2.75, 3.05) is 20.6 Å². The van der Waals surface area contributed by atoms with Gasteiger partial charge in [0.25, 0.3) is 5.91 Å². The molecule has 90 valence electrons. The molecule has 2 aliphatic rings. The van der Waals surface area contributed by atoms with E-state index in [4.69, 9.17) is 0 Å². The van der Waals surface area contributed by atoms with Crippen LogP contribution in [0, 0.1) is 0 Å². The summed E-state index contributed by atoms with van der Waals surface area (Å²) in [6, 6.07) is 4.76. The minimum Gasteiger partial charge on any atom is -0.337 e. The summed E-state index contributed by atoms with van der Waals surface area (Å²) in [6.07, 6.45) is 0.999. The number of carbonyl (C=O) groups is 1. The Balaban J connectivity index is 2.17. The highest BCUT2D eigenvalue weighted by Crippen LogP contribution is 2.35. The van der Waals surface area contributed by atoms with Gasteiger partial charge in [0.15, 0.2) is 0 Å². The van der Waals surface area contributed by atoms with E-state index in [2.05, 4.69) is 31.0 Å². The zero-order valence-electron chi connectivity index (χ0n) is 10.7. The lowest BCUT2D eigenvalue weighted by Crippen LogP contribution is -2.31. The van der Waals surface area contributed by atoms with Gasteiger partial charge in [0.1, 0.15) is 0 Å². The first-order valence-corrected chi connectivity index (χ1v) is 6.20. The molecule has 1 amide bonds. The van der Waals surface area contributed by atoms with Gasteiger partial charge in [-0.05, 0) is 37.1 Å². The number of benzene rings is 1. The third-order valence-electron chi connectivity index (χ3n) is 4.23. The van der Waals surface area contributed by atoms with Gasteiger partial charge in [0.2, 0.25) is 0 Å². The molecule has 0 N–H and O–H groups in total. The van der Waals surface area contributed by atoms with Crippen molar-refractivity contribution in [2.24, 2.45) is 0 Å². The molecule has 1 unspecified atom stereocenters. The second kappa shape index (κ2) is 3.57. The van der Waals surface area contributed by atoms with Crippen LogP contribution in [0.25, 0.3) is 0 Å². The minimum absolute atomic E-state index is 0.202. The van der Waals surface area contributed by atoms with Crippen LogP contribution in [0.3, 0.4) is 0 Å². The quantitative estimate of drug-likeness (QED) is 0.678. The summed E-state index contributed by atoms with van der Waals surface area (Å²) in [7, 11) is 4.03. The van der Waals surface area contributed by atoms with Gasteiger partial charge >= 0.3 is 0 Å². The number of carbonyl (C=O) groups excluding carboxylic acids is 1. The molecule has 1 aromatic carbocycles. The second-order valence-corrected chi connectivity index (χ2v) is 5.24. The van der Waals surface area contributed by atoms with E-state index in [0.29, 0.717) is 6.04 Å². The maximum Gasteiger partial charge on any atom is 0.254 e. The SMILES string of the molecule is CC1c2ccc3c(c2CCN1C)C(=O)N(C)C3. The van der Waals surface area contributed by atoms with Crippen molar-refractivity contribution in [1.82, 2.24) is 9.80 Å². The van der Waals surface area contributed by atoms with Crippen molar-refractivity contribution < 1.29 is 4.79 Å². The number of amides is 1. The summed E-state index contributed by atoms with van der Waals surface area (Å²) in [6.45, 7) is 4.03. The van der Waals surface area contributed by atoms with E-state index in [1.54, 1.807) is 0 Å². The number of hydrogen-bond donors (Lipinski definition) is 0. The normalized spacial score (nSPS) is 23.8. The van der Waals surface area contributed by atoms with Gasteiger partial charge in [-0.1, -0.05) is 12.1 Å². The van der Waals surface area contributed by atoms with E-state index in [9.17, 15) is 4.79 Å². The number of hydrogen-bond acceptors (Lipinski definition) is 2. The van der Waals surface area contributed by atoms with Gasteiger partial charge < -0.3 is 4.90 Å². The molecule has 0 radical (unpaired) electrons. The zero-order valence-corrected chi connectivity index (χ0v) is 10.7. The molecule has 1 aromatic rings. The van der Waals surface area contributed by atoms with Crippen LogP contribution in [0.4, 0.5) is 0 Å². The van der Waals surface area contributed by atoms with Crippen molar-refractivity contribution in [3.63, 3.8) is 0 Å². The van der Waals surface area contributed by atoms with E-state index in [0.717, 1.165) is 25.1 Å². The molecule has 0 aliphatic carbocycles. The Hall–Kier alpha value is -1.35. The summed E-state index contributed by atoms with van der Waals surface area (Å²) in [5.41, 5.74) is 4.82. The molecule has 0 saturated carbocycles. The largest absolute Gasteiger partial charge is 0.337 e. The van der Waals surface area contributed by atoms with E-state index in [-0.39, 0.29) is 5.91 Å². The van der Waals surface area contributed by atoms with Gasteiger partial charge in [0.05, 0.1) is 0 Å². The van der Waals surface area contributed by atoms with Crippen LogP contribution in [0.5, 0.6) is 0 Å². The molecule has 3 rings (SSSR count). The first-order chi connectivity index (χ1) is 8.09. The molecule has 0 spiro atoms. The molecular formula is C14H18N2O. The highest BCUT2D eigenvalue weighted by molar-refractivity contribution is 6.00. The molecule has 0 aromatic heterocycles. The van der Waals surface area contributed by atoms with E-state index < -0.39 is 0 Å². The fourth-order valence-electron chi connectivity index (χ4n) is 3.01. The highest BCUT2D eigenvalue weighted by atomic mass is 16.2. The van der Waals surface area contributed by atoms with E-state index in [1.807, 2.05) is 11.9 Å². The maximum absolute atomic E-state index is 12.2. The van der Waals surface area contributed by atoms with Crippen LogP contribution >= 0.6 is 0 Å². The Kier molecular flexibility index (Phi) is 2.26. The lowest BCUT2D eigenvalue weighted by molar-refractivity contribution is 0.0815. The van der Waals surface area contributed by atoms with Crippen LogP contribution in [0.2, 0.25) is 0 Å². The van der Waals surface area contributed by atoms with Crippen LogP contribution in [0.15, 0.2) is 12.1 Å². The average molecular weight is 230 g/mol. The summed E-state index contributed by atoms with van der Waals surface area (Å²) in [5, 5.41) is 0. The molecule has 2 aliphatic heterocycles. The molecule has 0 bridgehead atoms. The van der Waals surface area contributed by atoms with Crippen LogP contribution < -0.4 is 0 Å². The van der Waals surface area contributed by atoms with Crippen LogP contribution in [-0.4, -0.2) is 36.3 Å². The van der Waals surface area contributed by atoms with Crippen molar-refractivity contribution in [1.29, 1.82) is 0 Å². The maximum atomic E-state index is 12.2. The van der Waals surface area contributed by atoms with Gasteiger partial charge in [0, 0.05) is 31.7 Å². The number of fused-ring (bicyclic) bond motifs is 3. The third-order valence-corrected chi connectivity index (χ3v) is 4.23. The molecule has 3 heteroatoms. The minimum atomic E-state index is 0.202. The number of rotatable bonds is 0. The van der Waals surface area contributed by atoms with Crippen molar-refractivity contribution in [3.05, 3.63) is 34.4 Å². The Labute approximate surface area is 102 Å². The highest BCUT2D eigenvalue weighted by Gasteiger charge is 2.32. The van der Waals surface area contributed by atoms with E-state index >= 15 is 0 Å². The molecule has 3 nitrogen and oxygen atoms in total. The second-order valence-electron chi connectivity index (χ2n) is 5.24. The molecule has 17 heavy (non-hydrogen) atoms. The smallest absolute Gasteiger partial charge is 0.254 e. The lowest BCUT2D eigenvalue weighted by Gasteiger charge is -2.33. The first-order valence-electron chi connectivity index (χ1n) is 6.20. The predicted molar refractivity (Wildman–Crippen MR) is 67.0 cm³/mol. The third kappa shape index (κ3) is 1.42. The topological polar surface area (TPSA) is 23.6 Å². The summed E-state index contributed by atoms with van der Waals surface area (Å²) in [4.78, 5) is 16.3. The molecule has 1 atom stereocenters. The van der Waals surface area contributed by atoms with Crippen molar-refractivity contribution in [2.45, 2.75) is 25.9 Å². The van der Waals surface area contributed by atoms with Gasteiger partial charge in [-0.25, -0.2) is 0 Å². The Morgan fingerprint density at radius 2 is 2.06 bits per heavy atom. The fraction of sp³-hybridized carbons (Fsp3) is 0.500. The van der Waals surface area contributed by atoms with Crippen molar-refractivity contribution in [3.8, 4) is 0 Å². The molecule has 0 fully saturated rings. The van der Waals surface area contributed by atoms with Crippen LogP contribution in [0.1, 0.15) is 40.0 Å².